The third kappa shape index (κ3) is 4.10. The Balaban J connectivity index is 2.21. The molecular weight excluding hydrogens is 274 g/mol. The van der Waals surface area contributed by atoms with Crippen molar-refractivity contribution in [2.45, 2.75) is 46.1 Å². The van der Waals surface area contributed by atoms with E-state index in [2.05, 4.69) is 67.4 Å². The minimum Gasteiger partial charge on any atom is -0.393 e. The Morgan fingerprint density at radius 1 is 1.00 bits per heavy atom. The fourth-order valence-electron chi connectivity index (χ4n) is 2.04. The summed E-state index contributed by atoms with van der Waals surface area (Å²) in [5, 5.41) is 6.53. The van der Waals surface area contributed by atoms with Crippen molar-refractivity contribution in [3.8, 4) is 0 Å². The van der Waals surface area contributed by atoms with Crippen molar-refractivity contribution in [1.29, 1.82) is 0 Å². The lowest BCUT2D eigenvalue weighted by atomic mass is 10.0. The molecule has 1 aromatic carbocycles. The first-order valence-corrected chi connectivity index (χ1v) is 7.52. The van der Waals surface area contributed by atoms with E-state index in [0.717, 1.165) is 5.69 Å². The first kappa shape index (κ1) is 16.1. The minimum absolute atomic E-state index is 0.112. The Bertz CT molecular complexity index is 626. The van der Waals surface area contributed by atoms with Crippen LogP contribution in [0.4, 0.5) is 23.0 Å². The molecule has 2 aromatic rings. The predicted octanol–water partition coefficient (Wildman–Crippen LogP) is 4.14. The van der Waals surface area contributed by atoms with Gasteiger partial charge in [-0.25, -0.2) is 9.97 Å². The van der Waals surface area contributed by atoms with Gasteiger partial charge in [-0.1, -0.05) is 26.0 Å². The zero-order valence-electron chi connectivity index (χ0n) is 13.9. The summed E-state index contributed by atoms with van der Waals surface area (Å²) in [7, 11) is 0. The van der Waals surface area contributed by atoms with Gasteiger partial charge in [0.25, 0.3) is 0 Å². The number of anilines is 4. The van der Waals surface area contributed by atoms with Crippen LogP contribution in [0.15, 0.2) is 30.6 Å². The summed E-state index contributed by atoms with van der Waals surface area (Å²) in [6.07, 6.45) is 1.51. The first-order chi connectivity index (χ1) is 10.3. The number of hydrogen-bond acceptors (Lipinski definition) is 5. The third-order valence-corrected chi connectivity index (χ3v) is 3.22. The fourth-order valence-corrected chi connectivity index (χ4v) is 2.04. The topological polar surface area (TPSA) is 75.9 Å². The molecule has 0 bridgehead atoms. The fraction of sp³-hybridized carbons (Fsp3) is 0.412. The van der Waals surface area contributed by atoms with Crippen molar-refractivity contribution in [2.24, 2.45) is 0 Å². The second-order valence-corrected chi connectivity index (χ2v) is 6.76. The Morgan fingerprint density at radius 2 is 1.59 bits per heavy atom. The number of nitrogens with two attached hydrogens (primary N) is 1. The number of nitrogens with zero attached hydrogens (tertiary/aromatic N) is 2. The Labute approximate surface area is 132 Å². The van der Waals surface area contributed by atoms with E-state index in [1.54, 1.807) is 0 Å². The van der Waals surface area contributed by atoms with E-state index >= 15 is 0 Å². The maximum Gasteiger partial charge on any atom is 0.159 e. The van der Waals surface area contributed by atoms with Gasteiger partial charge in [-0.2, -0.15) is 0 Å². The van der Waals surface area contributed by atoms with Crippen LogP contribution in [0, 0.1) is 0 Å². The van der Waals surface area contributed by atoms with E-state index in [9.17, 15) is 0 Å². The van der Waals surface area contributed by atoms with Crippen molar-refractivity contribution in [3.05, 3.63) is 36.2 Å². The maximum absolute atomic E-state index is 6.17. The van der Waals surface area contributed by atoms with E-state index in [1.165, 1.54) is 11.9 Å². The number of nitrogen functional groups attached to an aromatic ring is 1. The van der Waals surface area contributed by atoms with Crippen LogP contribution in [-0.2, 0) is 0 Å². The molecule has 0 atom stereocenters. The van der Waals surface area contributed by atoms with Crippen molar-refractivity contribution < 1.29 is 0 Å². The van der Waals surface area contributed by atoms with E-state index in [1.807, 2.05) is 12.1 Å². The van der Waals surface area contributed by atoms with Gasteiger partial charge in [-0.15, -0.1) is 0 Å². The average Bonchev–Trinajstić information content (AvgIpc) is 2.42. The smallest absolute Gasteiger partial charge is 0.159 e. The molecular formula is C17H25N5. The number of aromatic nitrogens is 2. The van der Waals surface area contributed by atoms with Gasteiger partial charge in [0.05, 0.1) is 0 Å². The molecule has 0 aliphatic rings. The lowest BCUT2D eigenvalue weighted by Crippen LogP contribution is -2.27. The van der Waals surface area contributed by atoms with Crippen LogP contribution in [0.25, 0.3) is 0 Å². The van der Waals surface area contributed by atoms with Gasteiger partial charge >= 0.3 is 0 Å². The summed E-state index contributed by atoms with van der Waals surface area (Å²) in [5.74, 6) is 1.77. The number of hydrogen-bond donors (Lipinski definition) is 3. The third-order valence-electron chi connectivity index (χ3n) is 3.22. The molecule has 0 amide bonds. The molecule has 118 valence electrons. The minimum atomic E-state index is -0.112. The Morgan fingerprint density at radius 3 is 2.14 bits per heavy atom. The zero-order chi connectivity index (χ0) is 16.3. The van der Waals surface area contributed by atoms with Gasteiger partial charge in [0.15, 0.2) is 11.6 Å². The Hall–Kier alpha value is -2.30. The second kappa shape index (κ2) is 6.22. The summed E-state index contributed by atoms with van der Waals surface area (Å²) < 4.78 is 0. The van der Waals surface area contributed by atoms with Crippen molar-refractivity contribution in [1.82, 2.24) is 9.97 Å². The van der Waals surface area contributed by atoms with Crippen LogP contribution in [0.5, 0.6) is 0 Å². The van der Waals surface area contributed by atoms with Gasteiger partial charge in [0.2, 0.25) is 0 Å². The van der Waals surface area contributed by atoms with Crippen molar-refractivity contribution >= 4 is 23.0 Å². The standard InChI is InChI=1S/C17H25N5/c1-11(2)12-6-8-13(9-7-12)21-15-14(18)16(20-10-19-15)22-17(3,4)5/h6-11H,18H2,1-5H3,(H2,19,20,21,22). The van der Waals surface area contributed by atoms with Crippen molar-refractivity contribution in [2.75, 3.05) is 16.4 Å². The lowest BCUT2D eigenvalue weighted by molar-refractivity contribution is 0.630. The van der Waals surface area contributed by atoms with Gasteiger partial charge in [0.1, 0.15) is 12.0 Å². The van der Waals surface area contributed by atoms with Gasteiger partial charge < -0.3 is 16.4 Å². The van der Waals surface area contributed by atoms with Crippen LogP contribution in [-0.4, -0.2) is 15.5 Å². The summed E-state index contributed by atoms with van der Waals surface area (Å²) in [6.45, 7) is 10.5. The molecule has 0 radical (unpaired) electrons. The molecule has 2 rings (SSSR count). The maximum atomic E-state index is 6.17. The van der Waals surface area contributed by atoms with E-state index in [0.29, 0.717) is 23.2 Å². The summed E-state index contributed by atoms with van der Waals surface area (Å²) >= 11 is 0. The first-order valence-electron chi connectivity index (χ1n) is 7.52. The van der Waals surface area contributed by atoms with Crippen LogP contribution in [0.2, 0.25) is 0 Å². The number of benzene rings is 1. The summed E-state index contributed by atoms with van der Waals surface area (Å²) in [5.41, 5.74) is 8.83. The van der Waals surface area contributed by atoms with Gasteiger partial charge in [-0.3, -0.25) is 0 Å². The van der Waals surface area contributed by atoms with E-state index < -0.39 is 0 Å². The Kier molecular flexibility index (Phi) is 4.54. The molecule has 0 unspecified atom stereocenters. The van der Waals surface area contributed by atoms with Crippen LogP contribution >= 0.6 is 0 Å². The van der Waals surface area contributed by atoms with Crippen LogP contribution < -0.4 is 16.4 Å². The molecule has 4 N–H and O–H groups in total. The second-order valence-electron chi connectivity index (χ2n) is 6.76. The number of nitrogens with one attached hydrogen (secondary N) is 2. The summed E-state index contributed by atoms with van der Waals surface area (Å²) in [6, 6.07) is 8.29. The largest absolute Gasteiger partial charge is 0.393 e. The van der Waals surface area contributed by atoms with Gasteiger partial charge in [0, 0.05) is 11.2 Å². The molecule has 0 aliphatic heterocycles. The quantitative estimate of drug-likeness (QED) is 0.791. The average molecular weight is 299 g/mol. The molecule has 5 heteroatoms. The van der Waals surface area contributed by atoms with Crippen LogP contribution in [0.1, 0.15) is 46.1 Å². The zero-order valence-corrected chi connectivity index (χ0v) is 13.9. The summed E-state index contributed by atoms with van der Waals surface area (Å²) in [4.78, 5) is 8.45. The molecule has 1 aromatic heterocycles. The van der Waals surface area contributed by atoms with E-state index in [4.69, 9.17) is 5.73 Å². The highest BCUT2D eigenvalue weighted by Gasteiger charge is 2.15. The highest BCUT2D eigenvalue weighted by atomic mass is 15.1. The van der Waals surface area contributed by atoms with Crippen LogP contribution in [0.3, 0.4) is 0 Å². The highest BCUT2D eigenvalue weighted by Crippen LogP contribution is 2.28. The molecule has 22 heavy (non-hydrogen) atoms. The molecule has 0 saturated carbocycles. The normalized spacial score (nSPS) is 11.5. The molecule has 1 heterocycles. The predicted molar refractivity (Wildman–Crippen MR) is 93.6 cm³/mol. The number of rotatable bonds is 4. The molecule has 5 nitrogen and oxygen atoms in total. The molecule has 0 aliphatic carbocycles. The van der Waals surface area contributed by atoms with E-state index in [-0.39, 0.29) is 5.54 Å². The molecule has 0 spiro atoms. The monoisotopic (exact) mass is 299 g/mol. The highest BCUT2D eigenvalue weighted by molar-refractivity contribution is 5.77. The SMILES string of the molecule is CC(C)c1ccc(Nc2ncnc(NC(C)(C)C)c2N)cc1. The van der Waals surface area contributed by atoms with Crippen molar-refractivity contribution in [3.63, 3.8) is 0 Å². The lowest BCUT2D eigenvalue weighted by Gasteiger charge is -2.22. The molecule has 0 saturated heterocycles. The van der Waals surface area contributed by atoms with Gasteiger partial charge in [-0.05, 0) is 44.4 Å². The molecule has 0 fully saturated rings.